The molecule has 0 heterocycles. The van der Waals surface area contributed by atoms with Gasteiger partial charge < -0.3 is 11.1 Å². The molecule has 0 saturated carbocycles. The van der Waals surface area contributed by atoms with Gasteiger partial charge in [-0.3, -0.25) is 9.00 Å². The van der Waals surface area contributed by atoms with Crippen molar-refractivity contribution < 1.29 is 9.00 Å². The molecular weight excluding hydrogens is 256 g/mol. The van der Waals surface area contributed by atoms with Crippen molar-refractivity contribution in [3.63, 3.8) is 0 Å². The Labute approximate surface area is 111 Å². The number of hydrogen-bond acceptors (Lipinski definition) is 3. The highest BCUT2D eigenvalue weighted by Crippen LogP contribution is 2.12. The third kappa shape index (κ3) is 6.73. The maximum atomic E-state index is 11.9. The normalized spacial score (nSPS) is 16.3. The molecule has 3 N–H and O–H groups in total. The first-order valence-electron chi connectivity index (χ1n) is 5.65. The van der Waals surface area contributed by atoms with Crippen molar-refractivity contribution in [1.82, 2.24) is 5.32 Å². The molecule has 0 aliphatic rings. The molecule has 0 radical (unpaired) electrons. The molecule has 100 valence electrons. The van der Waals surface area contributed by atoms with Crippen molar-refractivity contribution in [3.05, 3.63) is 0 Å². The summed E-state index contributed by atoms with van der Waals surface area (Å²) in [7, 11) is -0.831. The summed E-state index contributed by atoms with van der Waals surface area (Å²) >= 11 is 4.90. The van der Waals surface area contributed by atoms with Gasteiger partial charge in [0.2, 0.25) is 5.91 Å². The Morgan fingerprint density at radius 2 is 1.94 bits per heavy atom. The van der Waals surface area contributed by atoms with Gasteiger partial charge in [-0.2, -0.15) is 0 Å². The number of rotatable bonds is 7. The molecule has 0 aliphatic heterocycles. The van der Waals surface area contributed by atoms with Gasteiger partial charge in [-0.1, -0.05) is 26.1 Å². The maximum Gasteiger partial charge on any atom is 0.230 e. The molecule has 3 atom stereocenters. The zero-order chi connectivity index (χ0) is 13.6. The van der Waals surface area contributed by atoms with Crippen LogP contribution in [0.15, 0.2) is 0 Å². The molecule has 0 bridgehead atoms. The van der Waals surface area contributed by atoms with Gasteiger partial charge in [0.05, 0.1) is 10.9 Å². The topological polar surface area (TPSA) is 72.2 Å². The van der Waals surface area contributed by atoms with E-state index in [4.69, 9.17) is 18.0 Å². The molecule has 0 rings (SSSR count). The molecule has 0 aromatic heterocycles. The zero-order valence-corrected chi connectivity index (χ0v) is 12.5. The van der Waals surface area contributed by atoms with E-state index in [1.807, 2.05) is 20.8 Å². The van der Waals surface area contributed by atoms with E-state index >= 15 is 0 Å². The molecule has 0 aliphatic carbocycles. The van der Waals surface area contributed by atoms with Gasteiger partial charge in [-0.05, 0) is 19.3 Å². The summed E-state index contributed by atoms with van der Waals surface area (Å²) in [5.74, 6) is 0.0994. The van der Waals surface area contributed by atoms with Crippen LogP contribution in [0.4, 0.5) is 0 Å². The van der Waals surface area contributed by atoms with Crippen molar-refractivity contribution in [3.8, 4) is 0 Å². The van der Waals surface area contributed by atoms with E-state index in [1.54, 1.807) is 6.26 Å². The fourth-order valence-electron chi connectivity index (χ4n) is 1.51. The molecule has 3 unspecified atom stereocenters. The first-order chi connectivity index (χ1) is 7.75. The molecule has 1 amide bonds. The van der Waals surface area contributed by atoms with Gasteiger partial charge >= 0.3 is 0 Å². The standard InChI is InChI=1S/C11H22N2O2S2/c1-7(2)9(10(12)16)11(14)13-8(3)5-6-17(4)15/h7-9H,5-6H2,1-4H3,(H2,12,16)(H,13,14). The van der Waals surface area contributed by atoms with Crippen LogP contribution in [0.1, 0.15) is 27.2 Å². The van der Waals surface area contributed by atoms with E-state index in [1.165, 1.54) is 0 Å². The van der Waals surface area contributed by atoms with Crippen molar-refractivity contribution in [1.29, 1.82) is 0 Å². The average Bonchev–Trinajstić information content (AvgIpc) is 2.12. The van der Waals surface area contributed by atoms with Gasteiger partial charge in [-0.15, -0.1) is 0 Å². The van der Waals surface area contributed by atoms with Crippen LogP contribution >= 0.6 is 12.2 Å². The minimum absolute atomic E-state index is 0.0120. The molecular formula is C11H22N2O2S2. The predicted octanol–water partition coefficient (Wildman–Crippen LogP) is 0.818. The van der Waals surface area contributed by atoms with Gasteiger partial charge in [0.1, 0.15) is 0 Å². The van der Waals surface area contributed by atoms with E-state index < -0.39 is 16.7 Å². The molecule has 0 saturated heterocycles. The third-order valence-corrected chi connectivity index (χ3v) is 3.55. The number of nitrogens with two attached hydrogens (primary N) is 1. The highest BCUT2D eigenvalue weighted by atomic mass is 32.2. The second-order valence-electron chi connectivity index (χ2n) is 4.60. The Morgan fingerprint density at radius 1 is 1.41 bits per heavy atom. The number of thiocarbonyl (C=S) groups is 1. The lowest BCUT2D eigenvalue weighted by Crippen LogP contribution is -2.44. The quantitative estimate of drug-likeness (QED) is 0.676. The summed E-state index contributed by atoms with van der Waals surface area (Å²) in [4.78, 5) is 12.2. The summed E-state index contributed by atoms with van der Waals surface area (Å²) in [6.07, 6.45) is 2.34. The van der Waals surface area contributed by atoms with E-state index in [9.17, 15) is 9.00 Å². The summed E-state index contributed by atoms with van der Waals surface area (Å²) in [5.41, 5.74) is 5.56. The zero-order valence-electron chi connectivity index (χ0n) is 10.9. The van der Waals surface area contributed by atoms with Crippen LogP contribution in [-0.2, 0) is 15.6 Å². The van der Waals surface area contributed by atoms with Gasteiger partial charge in [0, 0.05) is 28.9 Å². The average molecular weight is 278 g/mol. The van der Waals surface area contributed by atoms with E-state index in [-0.39, 0.29) is 22.9 Å². The number of nitrogens with one attached hydrogen (secondary N) is 1. The fraction of sp³-hybridized carbons (Fsp3) is 0.818. The first kappa shape index (κ1) is 16.5. The predicted molar refractivity (Wildman–Crippen MR) is 76.3 cm³/mol. The molecule has 0 spiro atoms. The molecule has 0 aromatic carbocycles. The number of amides is 1. The van der Waals surface area contributed by atoms with E-state index in [2.05, 4.69) is 5.32 Å². The smallest absolute Gasteiger partial charge is 0.230 e. The van der Waals surface area contributed by atoms with E-state index in [0.717, 1.165) is 0 Å². The summed E-state index contributed by atoms with van der Waals surface area (Å²) in [6.45, 7) is 5.71. The minimum Gasteiger partial charge on any atom is -0.393 e. The van der Waals surface area contributed by atoms with Crippen LogP contribution in [-0.4, -0.2) is 33.2 Å². The summed E-state index contributed by atoms with van der Waals surface area (Å²) in [5, 5.41) is 2.86. The van der Waals surface area contributed by atoms with Crippen LogP contribution in [0, 0.1) is 11.8 Å². The van der Waals surface area contributed by atoms with Gasteiger partial charge in [-0.25, -0.2) is 0 Å². The van der Waals surface area contributed by atoms with Crippen LogP contribution in [0.25, 0.3) is 0 Å². The van der Waals surface area contributed by atoms with Crippen LogP contribution < -0.4 is 11.1 Å². The number of carbonyl (C=O) groups is 1. The van der Waals surface area contributed by atoms with Gasteiger partial charge in [0.15, 0.2) is 0 Å². The second-order valence-corrected chi connectivity index (χ2v) is 6.63. The highest BCUT2D eigenvalue weighted by Gasteiger charge is 2.25. The minimum atomic E-state index is -0.831. The van der Waals surface area contributed by atoms with Crippen molar-refractivity contribution >= 4 is 33.9 Å². The Bertz CT molecular complexity index is 306. The Morgan fingerprint density at radius 3 is 2.29 bits per heavy atom. The number of hydrogen-bond donors (Lipinski definition) is 2. The first-order valence-corrected chi connectivity index (χ1v) is 7.79. The Kier molecular flexibility index (Phi) is 7.54. The Hall–Kier alpha value is -0.490. The Balaban J connectivity index is 4.31. The highest BCUT2D eigenvalue weighted by molar-refractivity contribution is 7.84. The van der Waals surface area contributed by atoms with E-state index in [0.29, 0.717) is 12.2 Å². The summed E-state index contributed by atoms with van der Waals surface area (Å²) in [6, 6.07) is -0.0120. The second kappa shape index (κ2) is 7.76. The fourth-order valence-corrected chi connectivity index (χ4v) is 2.57. The van der Waals surface area contributed by atoms with Crippen LogP contribution in [0.2, 0.25) is 0 Å². The SMILES string of the molecule is CC(CCS(C)=O)NC(=O)C(C(N)=S)C(C)C. The molecule has 17 heavy (non-hydrogen) atoms. The maximum absolute atomic E-state index is 11.9. The molecule has 6 heteroatoms. The van der Waals surface area contributed by atoms with Crippen LogP contribution in [0.5, 0.6) is 0 Å². The lowest BCUT2D eigenvalue weighted by molar-refractivity contribution is -0.124. The number of carbonyl (C=O) groups excluding carboxylic acids is 1. The monoisotopic (exact) mass is 278 g/mol. The third-order valence-electron chi connectivity index (χ3n) is 2.48. The van der Waals surface area contributed by atoms with Crippen molar-refractivity contribution in [2.45, 2.75) is 33.2 Å². The van der Waals surface area contributed by atoms with Gasteiger partial charge in [0.25, 0.3) is 0 Å². The van der Waals surface area contributed by atoms with Crippen molar-refractivity contribution in [2.24, 2.45) is 17.6 Å². The molecule has 4 nitrogen and oxygen atoms in total. The lowest BCUT2D eigenvalue weighted by atomic mass is 9.94. The summed E-state index contributed by atoms with van der Waals surface area (Å²) < 4.78 is 10.9. The lowest BCUT2D eigenvalue weighted by Gasteiger charge is -2.21. The molecule has 0 fully saturated rings. The van der Waals surface area contributed by atoms with Crippen molar-refractivity contribution in [2.75, 3.05) is 12.0 Å². The molecule has 0 aromatic rings. The largest absolute Gasteiger partial charge is 0.393 e. The van der Waals surface area contributed by atoms with Crippen LogP contribution in [0.3, 0.4) is 0 Å².